The van der Waals surface area contributed by atoms with Crippen molar-refractivity contribution in [3.05, 3.63) is 76.2 Å². The summed E-state index contributed by atoms with van der Waals surface area (Å²) >= 11 is 6.50. The molecular weight excluding hydrogens is 524 g/mol. The summed E-state index contributed by atoms with van der Waals surface area (Å²) in [5.41, 5.74) is 5.22. The predicted molar refractivity (Wildman–Crippen MR) is 161 cm³/mol. The third-order valence-electron chi connectivity index (χ3n) is 6.83. The van der Waals surface area contributed by atoms with Crippen molar-refractivity contribution in [3.8, 4) is 6.07 Å². The Hall–Kier alpha value is -3.71. The van der Waals surface area contributed by atoms with Gasteiger partial charge < -0.3 is 20.9 Å². The van der Waals surface area contributed by atoms with E-state index in [1.165, 1.54) is 36.5 Å². The topological polar surface area (TPSA) is 118 Å². The number of hydrogen-bond donors (Lipinski definition) is 4. The van der Waals surface area contributed by atoms with E-state index in [2.05, 4.69) is 67.3 Å². The average Bonchev–Trinajstić information content (AvgIpc) is 3.77. The molecule has 4 N–H and O–H groups in total. The molecule has 3 aromatic rings. The first-order valence-corrected chi connectivity index (χ1v) is 14.1. The quantitative estimate of drug-likeness (QED) is 0.283. The molecule has 9 nitrogen and oxygen atoms in total. The van der Waals surface area contributed by atoms with E-state index in [9.17, 15) is 4.79 Å². The third kappa shape index (κ3) is 9.19. The smallest absolute Gasteiger partial charge is 0.324 e. The van der Waals surface area contributed by atoms with Crippen LogP contribution in [0.1, 0.15) is 42.1 Å². The van der Waals surface area contributed by atoms with Gasteiger partial charge in [0.2, 0.25) is 0 Å². The Morgan fingerprint density at radius 1 is 1.12 bits per heavy atom. The minimum atomic E-state index is -0.467. The second kappa shape index (κ2) is 14.6. The molecule has 1 aliphatic heterocycles. The number of urea groups is 1. The Morgan fingerprint density at radius 3 is 2.48 bits per heavy atom. The zero-order valence-electron chi connectivity index (χ0n) is 23.1. The van der Waals surface area contributed by atoms with Crippen LogP contribution in [0.5, 0.6) is 0 Å². The van der Waals surface area contributed by atoms with Crippen LogP contribution < -0.4 is 26.2 Å². The molecular formula is C30H37ClN8O. The highest BCUT2D eigenvalue weighted by Crippen LogP contribution is 2.27. The largest absolute Gasteiger partial charge is 0.369 e. The van der Waals surface area contributed by atoms with Crippen LogP contribution in [0.25, 0.3) is 0 Å². The van der Waals surface area contributed by atoms with Gasteiger partial charge in [0, 0.05) is 49.1 Å². The Labute approximate surface area is 241 Å². The predicted octanol–water partition coefficient (Wildman–Crippen LogP) is 5.11. The molecule has 2 heterocycles. The van der Waals surface area contributed by atoms with Crippen molar-refractivity contribution >= 4 is 34.8 Å². The minimum absolute atomic E-state index is 0.178. The number of carbonyl (C=O) groups excluding carboxylic acids is 1. The fraction of sp³-hybridized carbons (Fsp3) is 0.400. The first-order valence-electron chi connectivity index (χ1n) is 13.8. The van der Waals surface area contributed by atoms with Crippen molar-refractivity contribution in [2.45, 2.75) is 39.7 Å². The number of nitrogens with one attached hydrogen (secondary N) is 4. The summed E-state index contributed by atoms with van der Waals surface area (Å²) in [5.74, 6) is 1.33. The van der Waals surface area contributed by atoms with E-state index in [1.54, 1.807) is 6.07 Å². The maximum absolute atomic E-state index is 12.3. The van der Waals surface area contributed by atoms with Crippen LogP contribution in [0.3, 0.4) is 0 Å². The fourth-order valence-electron chi connectivity index (χ4n) is 4.16. The highest BCUT2D eigenvalue weighted by molar-refractivity contribution is 6.31. The molecule has 2 amide bonds. The summed E-state index contributed by atoms with van der Waals surface area (Å²) in [7, 11) is 0. The van der Waals surface area contributed by atoms with Gasteiger partial charge in [0.05, 0.1) is 12.4 Å². The van der Waals surface area contributed by atoms with Crippen molar-refractivity contribution in [1.29, 1.82) is 5.26 Å². The van der Waals surface area contributed by atoms with Crippen LogP contribution in [-0.2, 0) is 13.0 Å². The van der Waals surface area contributed by atoms with Gasteiger partial charge in [0.1, 0.15) is 6.07 Å². The normalized spacial score (nSPS) is 14.5. The number of hydrogen-bond acceptors (Lipinski definition) is 7. The van der Waals surface area contributed by atoms with Crippen LogP contribution in [0.4, 0.5) is 22.0 Å². The summed E-state index contributed by atoms with van der Waals surface area (Å²) in [6.07, 6.45) is 6.36. The number of nitrogens with zero attached hydrogens (tertiary/aromatic N) is 4. The molecule has 2 aromatic carbocycles. The summed E-state index contributed by atoms with van der Waals surface area (Å²) in [6, 6.07) is 13.9. The van der Waals surface area contributed by atoms with Crippen LogP contribution in [0.15, 0.2) is 48.8 Å². The lowest BCUT2D eigenvalue weighted by Crippen LogP contribution is -2.43. The number of nitriles is 1. The Bertz CT molecular complexity index is 1300. The van der Waals surface area contributed by atoms with Crippen LogP contribution >= 0.6 is 11.6 Å². The number of rotatable bonds is 8. The van der Waals surface area contributed by atoms with Gasteiger partial charge in [-0.3, -0.25) is 5.32 Å². The van der Waals surface area contributed by atoms with Crippen molar-refractivity contribution in [2.75, 3.05) is 48.3 Å². The van der Waals surface area contributed by atoms with E-state index in [1.807, 2.05) is 19.1 Å². The van der Waals surface area contributed by atoms with Gasteiger partial charge in [0.25, 0.3) is 0 Å². The highest BCUT2D eigenvalue weighted by Gasteiger charge is 2.13. The second-order valence-electron chi connectivity index (χ2n) is 10.2. The molecule has 1 saturated heterocycles. The molecule has 0 bridgehead atoms. The third-order valence-corrected chi connectivity index (χ3v) is 7.19. The molecule has 0 spiro atoms. The zero-order chi connectivity index (χ0) is 28.3. The number of piperazine rings is 1. The monoisotopic (exact) mass is 560 g/mol. The van der Waals surface area contributed by atoms with E-state index in [0.717, 1.165) is 62.7 Å². The lowest BCUT2D eigenvalue weighted by Gasteiger charge is -2.29. The van der Waals surface area contributed by atoms with Gasteiger partial charge in [-0.15, -0.1) is 0 Å². The zero-order valence-corrected chi connectivity index (χ0v) is 23.9. The van der Waals surface area contributed by atoms with Gasteiger partial charge in [0.15, 0.2) is 11.5 Å². The van der Waals surface area contributed by atoms with Crippen molar-refractivity contribution in [1.82, 2.24) is 20.6 Å². The number of benzene rings is 2. The van der Waals surface area contributed by atoms with Gasteiger partial charge >= 0.3 is 6.03 Å². The molecule has 5 rings (SSSR count). The molecule has 210 valence electrons. The number of amides is 2. The summed E-state index contributed by atoms with van der Waals surface area (Å²) in [5, 5.41) is 21.6. The first kappa shape index (κ1) is 29.3. The number of carbonyl (C=O) groups is 1. The maximum atomic E-state index is 12.3. The molecule has 2 aliphatic rings. The van der Waals surface area contributed by atoms with Crippen LogP contribution in [-0.4, -0.2) is 48.7 Å². The second-order valence-corrected chi connectivity index (χ2v) is 10.7. The molecule has 0 radical (unpaired) electrons. The fourth-order valence-corrected chi connectivity index (χ4v) is 4.42. The Balaban J connectivity index is 0.000000848. The van der Waals surface area contributed by atoms with E-state index < -0.39 is 6.03 Å². The van der Waals surface area contributed by atoms with Gasteiger partial charge in [-0.2, -0.15) is 5.26 Å². The van der Waals surface area contributed by atoms with Crippen LogP contribution in [0.2, 0.25) is 5.02 Å². The van der Waals surface area contributed by atoms with Crippen molar-refractivity contribution in [3.63, 3.8) is 0 Å². The lowest BCUT2D eigenvalue weighted by atomic mass is 10.1. The molecule has 1 saturated carbocycles. The number of aryl methyl sites for hydroxylation is 1. The van der Waals surface area contributed by atoms with Gasteiger partial charge in [-0.1, -0.05) is 49.6 Å². The van der Waals surface area contributed by atoms with Gasteiger partial charge in [-0.05, 0) is 60.7 Å². The standard InChI is InChI=1S/C26H29ClN8O.C4H8/c1-18-12-20(6-7-30-15-19-2-4-22(5-3-19)35-10-8-29-9-11-35)23(27)13-24(18)33-26(36)34-25-17-31-21(14-28)16-32-25;1-4-2-3-4/h2-5,12-13,16-17,29-30H,6-11,15H2,1H3,(H2,32,33,34,36);4H,2-3H2,1H3. The van der Waals surface area contributed by atoms with E-state index in [4.69, 9.17) is 16.9 Å². The van der Waals surface area contributed by atoms with Crippen molar-refractivity contribution < 1.29 is 4.79 Å². The molecule has 1 aliphatic carbocycles. The van der Waals surface area contributed by atoms with E-state index >= 15 is 0 Å². The van der Waals surface area contributed by atoms with Gasteiger partial charge in [-0.25, -0.2) is 14.8 Å². The molecule has 2 fully saturated rings. The van der Waals surface area contributed by atoms with Crippen molar-refractivity contribution in [2.24, 2.45) is 5.92 Å². The first-order chi connectivity index (χ1) is 19.4. The SMILES string of the molecule is CC1CC1.Cc1cc(CCNCc2ccc(N3CCNCC3)cc2)c(Cl)cc1NC(=O)Nc1cnc(C#N)cn1. The number of halogens is 1. The van der Waals surface area contributed by atoms with E-state index in [-0.39, 0.29) is 11.5 Å². The summed E-state index contributed by atoms with van der Waals surface area (Å²) < 4.78 is 0. The molecule has 0 atom stereocenters. The molecule has 10 heteroatoms. The summed E-state index contributed by atoms with van der Waals surface area (Å²) in [4.78, 5) is 22.6. The average molecular weight is 561 g/mol. The molecule has 1 aromatic heterocycles. The molecule has 40 heavy (non-hydrogen) atoms. The minimum Gasteiger partial charge on any atom is -0.369 e. The summed E-state index contributed by atoms with van der Waals surface area (Å²) in [6.45, 7) is 9.92. The van der Waals surface area contributed by atoms with Crippen LogP contribution in [0, 0.1) is 24.2 Å². The lowest BCUT2D eigenvalue weighted by molar-refractivity contribution is 0.262. The Morgan fingerprint density at radius 2 is 1.85 bits per heavy atom. The highest BCUT2D eigenvalue weighted by atomic mass is 35.5. The number of anilines is 3. The maximum Gasteiger partial charge on any atom is 0.324 e. The Kier molecular flexibility index (Phi) is 10.7. The molecule has 0 unspecified atom stereocenters. The number of aromatic nitrogens is 2. The van der Waals surface area contributed by atoms with E-state index in [0.29, 0.717) is 10.7 Å².